The van der Waals surface area contributed by atoms with Gasteiger partial charge in [-0.15, -0.1) is 0 Å². The maximum Gasteiger partial charge on any atom is 0.224 e. The van der Waals surface area contributed by atoms with Crippen molar-refractivity contribution in [2.45, 2.75) is 26.2 Å². The zero-order valence-electron chi connectivity index (χ0n) is 12.1. The fourth-order valence-corrected chi connectivity index (χ4v) is 2.04. The molecular weight excluding hydrogens is 291 g/mol. The van der Waals surface area contributed by atoms with Crippen molar-refractivity contribution < 1.29 is 18.0 Å². The van der Waals surface area contributed by atoms with Crippen LogP contribution in [0.5, 0.6) is 0 Å². The fourth-order valence-electron chi connectivity index (χ4n) is 2.04. The van der Waals surface area contributed by atoms with Gasteiger partial charge in [-0.2, -0.15) is 0 Å². The van der Waals surface area contributed by atoms with Crippen LogP contribution in [-0.4, -0.2) is 5.91 Å². The predicted molar refractivity (Wildman–Crippen MR) is 79.1 cm³/mol. The van der Waals surface area contributed by atoms with Crippen LogP contribution in [0.25, 0.3) is 0 Å². The average Bonchev–Trinajstić information content (AvgIpc) is 2.50. The molecule has 0 saturated carbocycles. The Kier molecular flexibility index (Phi) is 5.20. The molecule has 2 aromatic rings. The molecule has 0 unspecified atom stereocenters. The lowest BCUT2D eigenvalue weighted by Gasteiger charge is -2.07. The van der Waals surface area contributed by atoms with Crippen molar-refractivity contribution in [3.63, 3.8) is 0 Å². The molecule has 22 heavy (non-hydrogen) atoms. The minimum atomic E-state index is -1.59. The van der Waals surface area contributed by atoms with Crippen LogP contribution in [0, 0.1) is 24.4 Å². The summed E-state index contributed by atoms with van der Waals surface area (Å²) in [5.41, 5.74) is 1.92. The quantitative estimate of drug-likeness (QED) is 0.816. The van der Waals surface area contributed by atoms with Gasteiger partial charge in [0.05, 0.1) is 5.69 Å². The molecule has 2 aromatic carbocycles. The molecule has 0 fully saturated rings. The van der Waals surface area contributed by atoms with E-state index in [1.165, 1.54) is 0 Å². The fraction of sp³-hybridized carbons (Fsp3) is 0.235. The molecular formula is C17H16F3NO. The Bertz CT molecular complexity index is 668. The third-order valence-electron chi connectivity index (χ3n) is 3.30. The van der Waals surface area contributed by atoms with Crippen LogP contribution in [0.4, 0.5) is 18.9 Å². The lowest BCUT2D eigenvalue weighted by atomic mass is 10.1. The average molecular weight is 307 g/mol. The molecule has 5 heteroatoms. The Morgan fingerprint density at radius 1 is 1.00 bits per heavy atom. The number of rotatable bonds is 5. The summed E-state index contributed by atoms with van der Waals surface area (Å²) >= 11 is 0. The molecule has 0 aliphatic rings. The molecule has 0 radical (unpaired) electrons. The van der Waals surface area contributed by atoms with Gasteiger partial charge in [-0.05, 0) is 37.5 Å². The van der Waals surface area contributed by atoms with Gasteiger partial charge in [0.2, 0.25) is 5.91 Å². The van der Waals surface area contributed by atoms with E-state index in [4.69, 9.17) is 0 Å². The number of hydrogen-bond acceptors (Lipinski definition) is 1. The molecule has 0 aliphatic heterocycles. The number of aryl methyl sites for hydroxylation is 2. The second kappa shape index (κ2) is 7.11. The number of anilines is 1. The van der Waals surface area contributed by atoms with Gasteiger partial charge >= 0.3 is 0 Å². The monoisotopic (exact) mass is 307 g/mol. The van der Waals surface area contributed by atoms with E-state index in [0.717, 1.165) is 23.3 Å². The van der Waals surface area contributed by atoms with E-state index >= 15 is 0 Å². The van der Waals surface area contributed by atoms with Crippen LogP contribution in [0.1, 0.15) is 24.0 Å². The van der Waals surface area contributed by atoms with Gasteiger partial charge in [-0.25, -0.2) is 13.2 Å². The van der Waals surface area contributed by atoms with E-state index < -0.39 is 23.4 Å². The summed E-state index contributed by atoms with van der Waals surface area (Å²) < 4.78 is 39.3. The second-order valence-corrected chi connectivity index (χ2v) is 5.11. The molecule has 1 amide bonds. The molecule has 0 aromatic heterocycles. The summed E-state index contributed by atoms with van der Waals surface area (Å²) in [6.07, 6.45) is 1.47. The summed E-state index contributed by atoms with van der Waals surface area (Å²) in [5, 5.41) is 2.25. The SMILES string of the molecule is Cc1ccc(CCCC(=O)Nc2ccc(F)c(F)c2F)cc1. The molecule has 0 bridgehead atoms. The van der Waals surface area contributed by atoms with Crippen molar-refractivity contribution in [2.75, 3.05) is 5.32 Å². The van der Waals surface area contributed by atoms with Crippen LogP contribution in [0.3, 0.4) is 0 Å². The molecule has 2 rings (SSSR count). The number of hydrogen-bond donors (Lipinski definition) is 1. The first-order valence-corrected chi connectivity index (χ1v) is 6.96. The van der Waals surface area contributed by atoms with Crippen molar-refractivity contribution in [1.82, 2.24) is 0 Å². The molecule has 0 aliphatic carbocycles. The molecule has 1 N–H and O–H groups in total. The van der Waals surface area contributed by atoms with Gasteiger partial charge in [0.1, 0.15) is 0 Å². The van der Waals surface area contributed by atoms with Gasteiger partial charge in [-0.1, -0.05) is 29.8 Å². The van der Waals surface area contributed by atoms with Crippen LogP contribution in [0.2, 0.25) is 0 Å². The van der Waals surface area contributed by atoms with Crippen molar-refractivity contribution in [3.8, 4) is 0 Å². The van der Waals surface area contributed by atoms with Crippen LogP contribution in [-0.2, 0) is 11.2 Å². The normalized spacial score (nSPS) is 10.5. The molecule has 0 atom stereocenters. The summed E-state index contributed by atoms with van der Waals surface area (Å²) in [5.74, 6) is -4.68. The van der Waals surface area contributed by atoms with Crippen LogP contribution in [0.15, 0.2) is 36.4 Å². The van der Waals surface area contributed by atoms with Crippen LogP contribution < -0.4 is 5.32 Å². The van der Waals surface area contributed by atoms with E-state index in [1.807, 2.05) is 31.2 Å². The van der Waals surface area contributed by atoms with E-state index in [0.29, 0.717) is 12.8 Å². The highest BCUT2D eigenvalue weighted by Gasteiger charge is 2.14. The van der Waals surface area contributed by atoms with E-state index in [1.54, 1.807) is 0 Å². The molecule has 116 valence electrons. The van der Waals surface area contributed by atoms with Gasteiger partial charge in [0.25, 0.3) is 0 Å². The number of carbonyl (C=O) groups is 1. The lowest BCUT2D eigenvalue weighted by Crippen LogP contribution is -2.13. The maximum absolute atomic E-state index is 13.4. The minimum Gasteiger partial charge on any atom is -0.324 e. The Morgan fingerprint density at radius 3 is 2.36 bits per heavy atom. The molecule has 0 spiro atoms. The minimum absolute atomic E-state index is 0.173. The maximum atomic E-state index is 13.4. The first-order valence-electron chi connectivity index (χ1n) is 6.96. The second-order valence-electron chi connectivity index (χ2n) is 5.11. The van der Waals surface area contributed by atoms with E-state index in [2.05, 4.69) is 5.32 Å². The predicted octanol–water partition coefficient (Wildman–Crippen LogP) is 4.37. The van der Waals surface area contributed by atoms with Gasteiger partial charge in [0, 0.05) is 6.42 Å². The first kappa shape index (κ1) is 16.1. The smallest absolute Gasteiger partial charge is 0.224 e. The van der Waals surface area contributed by atoms with Gasteiger partial charge in [0.15, 0.2) is 17.5 Å². The summed E-state index contributed by atoms with van der Waals surface area (Å²) in [6, 6.07) is 9.74. The third kappa shape index (κ3) is 4.10. The Morgan fingerprint density at radius 2 is 1.68 bits per heavy atom. The molecule has 0 heterocycles. The number of carbonyl (C=O) groups excluding carboxylic acids is 1. The summed E-state index contributed by atoms with van der Waals surface area (Å²) in [4.78, 5) is 11.7. The Labute approximate surface area is 127 Å². The van der Waals surface area contributed by atoms with Crippen molar-refractivity contribution in [2.24, 2.45) is 0 Å². The number of benzene rings is 2. The highest BCUT2D eigenvalue weighted by atomic mass is 19.2. The topological polar surface area (TPSA) is 29.1 Å². The highest BCUT2D eigenvalue weighted by Crippen LogP contribution is 2.20. The molecule has 0 saturated heterocycles. The van der Waals surface area contributed by atoms with Crippen molar-refractivity contribution >= 4 is 11.6 Å². The number of amides is 1. The zero-order valence-corrected chi connectivity index (χ0v) is 12.1. The van der Waals surface area contributed by atoms with Crippen molar-refractivity contribution in [3.05, 3.63) is 65.0 Å². The highest BCUT2D eigenvalue weighted by molar-refractivity contribution is 5.90. The zero-order chi connectivity index (χ0) is 16.1. The standard InChI is InChI=1S/C17H16F3NO/c1-11-5-7-12(8-6-11)3-2-4-15(22)21-14-10-9-13(18)16(19)17(14)20/h5-10H,2-4H2,1H3,(H,21,22). The molecule has 2 nitrogen and oxygen atoms in total. The largest absolute Gasteiger partial charge is 0.324 e. The van der Waals surface area contributed by atoms with E-state index in [9.17, 15) is 18.0 Å². The number of nitrogens with one attached hydrogen (secondary N) is 1. The van der Waals surface area contributed by atoms with E-state index in [-0.39, 0.29) is 12.1 Å². The Balaban J connectivity index is 1.86. The van der Waals surface area contributed by atoms with Gasteiger partial charge in [-0.3, -0.25) is 4.79 Å². The Hall–Kier alpha value is -2.30. The first-order chi connectivity index (χ1) is 10.5. The van der Waals surface area contributed by atoms with Crippen molar-refractivity contribution in [1.29, 1.82) is 0 Å². The summed E-state index contributed by atoms with van der Waals surface area (Å²) in [7, 11) is 0. The van der Waals surface area contributed by atoms with Gasteiger partial charge < -0.3 is 5.32 Å². The third-order valence-corrected chi connectivity index (χ3v) is 3.30. The van der Waals surface area contributed by atoms with Crippen LogP contribution >= 0.6 is 0 Å². The number of halogens is 3. The lowest BCUT2D eigenvalue weighted by molar-refractivity contribution is -0.116. The summed E-state index contributed by atoms with van der Waals surface area (Å²) in [6.45, 7) is 1.99.